The van der Waals surface area contributed by atoms with Crippen molar-refractivity contribution < 1.29 is 9.53 Å². The van der Waals surface area contributed by atoms with Crippen LogP contribution < -0.4 is 10.6 Å². The number of rotatable bonds is 7. The fourth-order valence-electron chi connectivity index (χ4n) is 2.43. The van der Waals surface area contributed by atoms with Crippen LogP contribution in [-0.2, 0) is 9.53 Å². The Hall–Kier alpha value is -1.43. The lowest BCUT2D eigenvalue weighted by Crippen LogP contribution is -2.40. The Labute approximate surface area is 133 Å². The van der Waals surface area contributed by atoms with Crippen molar-refractivity contribution >= 4 is 11.6 Å². The Kier molecular flexibility index (Phi) is 6.83. The summed E-state index contributed by atoms with van der Waals surface area (Å²) in [4.78, 5) is 14.3. The van der Waals surface area contributed by atoms with Gasteiger partial charge in [-0.2, -0.15) is 0 Å². The van der Waals surface area contributed by atoms with Crippen molar-refractivity contribution in [2.24, 2.45) is 0 Å². The molecule has 1 aliphatic rings. The number of nitrogens with zero attached hydrogens (tertiary/aromatic N) is 1. The first-order valence-electron chi connectivity index (χ1n) is 8.03. The minimum Gasteiger partial charge on any atom is -0.379 e. The summed E-state index contributed by atoms with van der Waals surface area (Å²) < 4.78 is 5.32. The standard InChI is InChI=1S/C17H27N3O2/c1-14-3-4-16(13-15(14)2)19-17(21)5-6-18-7-8-20-9-11-22-12-10-20/h3-4,13,18H,5-12H2,1-2H3,(H,19,21). The average Bonchev–Trinajstić information content (AvgIpc) is 2.52. The van der Waals surface area contributed by atoms with Crippen LogP contribution in [0.2, 0.25) is 0 Å². The quantitative estimate of drug-likeness (QED) is 0.751. The third-order valence-corrected chi connectivity index (χ3v) is 4.03. The molecule has 1 fully saturated rings. The van der Waals surface area contributed by atoms with Crippen molar-refractivity contribution in [3.63, 3.8) is 0 Å². The number of carbonyl (C=O) groups excluding carboxylic acids is 1. The topological polar surface area (TPSA) is 53.6 Å². The Morgan fingerprint density at radius 3 is 2.68 bits per heavy atom. The normalized spacial score (nSPS) is 15.7. The van der Waals surface area contributed by atoms with Crippen LogP contribution in [0.15, 0.2) is 18.2 Å². The number of aryl methyl sites for hydroxylation is 2. The van der Waals surface area contributed by atoms with Crippen LogP contribution in [0.25, 0.3) is 0 Å². The van der Waals surface area contributed by atoms with Gasteiger partial charge in [0.15, 0.2) is 0 Å². The maximum atomic E-state index is 11.9. The number of nitrogens with one attached hydrogen (secondary N) is 2. The van der Waals surface area contributed by atoms with E-state index in [-0.39, 0.29) is 5.91 Å². The van der Waals surface area contributed by atoms with Crippen molar-refractivity contribution in [2.75, 3.05) is 51.3 Å². The predicted octanol–water partition coefficient (Wildman–Crippen LogP) is 1.55. The van der Waals surface area contributed by atoms with E-state index in [1.54, 1.807) is 0 Å². The lowest BCUT2D eigenvalue weighted by atomic mass is 10.1. The summed E-state index contributed by atoms with van der Waals surface area (Å²) in [5.41, 5.74) is 3.31. The van der Waals surface area contributed by atoms with Gasteiger partial charge in [-0.05, 0) is 37.1 Å². The first-order chi connectivity index (χ1) is 10.6. The highest BCUT2D eigenvalue weighted by atomic mass is 16.5. The molecule has 1 aliphatic heterocycles. The number of hydrogen-bond donors (Lipinski definition) is 2. The van der Waals surface area contributed by atoms with Gasteiger partial charge in [0, 0.05) is 44.8 Å². The molecule has 1 aromatic carbocycles. The van der Waals surface area contributed by atoms with Crippen LogP contribution in [0.5, 0.6) is 0 Å². The van der Waals surface area contributed by atoms with Crippen LogP contribution >= 0.6 is 0 Å². The lowest BCUT2D eigenvalue weighted by molar-refractivity contribution is -0.116. The molecule has 2 rings (SSSR count). The summed E-state index contributed by atoms with van der Waals surface area (Å²) in [6, 6.07) is 6.00. The summed E-state index contributed by atoms with van der Waals surface area (Å²) >= 11 is 0. The molecule has 1 aromatic rings. The van der Waals surface area contributed by atoms with E-state index in [0.29, 0.717) is 13.0 Å². The molecule has 0 radical (unpaired) electrons. The third-order valence-electron chi connectivity index (χ3n) is 4.03. The van der Waals surface area contributed by atoms with Gasteiger partial charge in [0.2, 0.25) is 5.91 Å². The first kappa shape index (κ1) is 16.9. The molecule has 0 spiro atoms. The maximum Gasteiger partial charge on any atom is 0.225 e. The van der Waals surface area contributed by atoms with Crippen LogP contribution in [0.1, 0.15) is 17.5 Å². The fourth-order valence-corrected chi connectivity index (χ4v) is 2.43. The lowest BCUT2D eigenvalue weighted by Gasteiger charge is -2.26. The predicted molar refractivity (Wildman–Crippen MR) is 89.3 cm³/mol. The van der Waals surface area contributed by atoms with Gasteiger partial charge in [-0.1, -0.05) is 6.07 Å². The molecule has 0 aliphatic carbocycles. The molecule has 5 heteroatoms. The molecule has 2 N–H and O–H groups in total. The second-order valence-corrected chi connectivity index (χ2v) is 5.80. The van der Waals surface area contributed by atoms with E-state index in [0.717, 1.165) is 45.1 Å². The smallest absolute Gasteiger partial charge is 0.225 e. The van der Waals surface area contributed by atoms with Crippen LogP contribution in [0.4, 0.5) is 5.69 Å². The number of amides is 1. The molecule has 0 unspecified atom stereocenters. The molecule has 5 nitrogen and oxygen atoms in total. The zero-order chi connectivity index (χ0) is 15.8. The molecule has 1 amide bonds. The van der Waals surface area contributed by atoms with Crippen molar-refractivity contribution in [2.45, 2.75) is 20.3 Å². The van der Waals surface area contributed by atoms with Crippen molar-refractivity contribution in [3.8, 4) is 0 Å². The molecule has 1 saturated heterocycles. The van der Waals surface area contributed by atoms with Gasteiger partial charge >= 0.3 is 0 Å². The molecular formula is C17H27N3O2. The summed E-state index contributed by atoms with van der Waals surface area (Å²) in [6.07, 6.45) is 0.496. The molecule has 0 aromatic heterocycles. The number of benzene rings is 1. The Morgan fingerprint density at radius 1 is 1.18 bits per heavy atom. The monoisotopic (exact) mass is 305 g/mol. The van der Waals surface area contributed by atoms with Crippen LogP contribution in [0.3, 0.4) is 0 Å². The van der Waals surface area contributed by atoms with E-state index in [4.69, 9.17) is 4.74 Å². The fraction of sp³-hybridized carbons (Fsp3) is 0.588. The summed E-state index contributed by atoms with van der Waals surface area (Å²) in [5.74, 6) is 0.0575. The number of ether oxygens (including phenoxy) is 1. The van der Waals surface area contributed by atoms with Crippen molar-refractivity contribution in [1.29, 1.82) is 0 Å². The maximum absolute atomic E-state index is 11.9. The van der Waals surface area contributed by atoms with E-state index >= 15 is 0 Å². The van der Waals surface area contributed by atoms with Gasteiger partial charge in [0.05, 0.1) is 13.2 Å². The molecule has 0 bridgehead atoms. The average molecular weight is 305 g/mol. The Morgan fingerprint density at radius 2 is 1.95 bits per heavy atom. The van der Waals surface area contributed by atoms with Gasteiger partial charge in [-0.15, -0.1) is 0 Å². The Bertz CT molecular complexity index is 485. The summed E-state index contributed by atoms with van der Waals surface area (Å²) in [7, 11) is 0. The van der Waals surface area contributed by atoms with E-state index in [1.165, 1.54) is 11.1 Å². The highest BCUT2D eigenvalue weighted by Gasteiger charge is 2.09. The second-order valence-electron chi connectivity index (χ2n) is 5.80. The minimum absolute atomic E-state index is 0.0575. The molecule has 22 heavy (non-hydrogen) atoms. The minimum atomic E-state index is 0.0575. The molecule has 122 valence electrons. The Balaban J connectivity index is 1.58. The molecule has 1 heterocycles. The number of carbonyl (C=O) groups is 1. The SMILES string of the molecule is Cc1ccc(NC(=O)CCNCCN2CCOCC2)cc1C. The van der Waals surface area contributed by atoms with Gasteiger partial charge < -0.3 is 15.4 Å². The second kappa shape index (κ2) is 8.88. The first-order valence-corrected chi connectivity index (χ1v) is 8.03. The van der Waals surface area contributed by atoms with Gasteiger partial charge in [-0.25, -0.2) is 0 Å². The molecular weight excluding hydrogens is 278 g/mol. The third kappa shape index (κ3) is 5.75. The zero-order valence-corrected chi connectivity index (χ0v) is 13.7. The molecule has 0 saturated carbocycles. The van der Waals surface area contributed by atoms with E-state index < -0.39 is 0 Å². The zero-order valence-electron chi connectivity index (χ0n) is 13.7. The summed E-state index contributed by atoms with van der Waals surface area (Å²) in [6.45, 7) is 10.4. The number of anilines is 1. The van der Waals surface area contributed by atoms with Crippen LogP contribution in [0, 0.1) is 13.8 Å². The largest absolute Gasteiger partial charge is 0.379 e. The van der Waals surface area contributed by atoms with Gasteiger partial charge in [-0.3, -0.25) is 9.69 Å². The van der Waals surface area contributed by atoms with Crippen molar-refractivity contribution in [3.05, 3.63) is 29.3 Å². The summed E-state index contributed by atoms with van der Waals surface area (Å²) in [5, 5.41) is 6.27. The highest BCUT2D eigenvalue weighted by Crippen LogP contribution is 2.14. The number of hydrogen-bond acceptors (Lipinski definition) is 4. The van der Waals surface area contributed by atoms with E-state index in [2.05, 4.69) is 29.4 Å². The highest BCUT2D eigenvalue weighted by molar-refractivity contribution is 5.90. The number of morpholine rings is 1. The van der Waals surface area contributed by atoms with Gasteiger partial charge in [0.25, 0.3) is 0 Å². The van der Waals surface area contributed by atoms with Gasteiger partial charge in [0.1, 0.15) is 0 Å². The molecule has 0 atom stereocenters. The van der Waals surface area contributed by atoms with Crippen LogP contribution in [-0.4, -0.2) is 56.7 Å². The van der Waals surface area contributed by atoms with Crippen molar-refractivity contribution in [1.82, 2.24) is 10.2 Å². The van der Waals surface area contributed by atoms with E-state index in [1.807, 2.05) is 18.2 Å². The van der Waals surface area contributed by atoms with E-state index in [9.17, 15) is 4.79 Å².